The first-order chi connectivity index (χ1) is 5.95. The van der Waals surface area contributed by atoms with Crippen LogP contribution in [0.2, 0.25) is 5.02 Å². The monoisotopic (exact) mass is 316 g/mol. The maximum Gasteiger partial charge on any atom is 0.356 e. The minimum absolute atomic E-state index is 0.114. The van der Waals surface area contributed by atoms with Crippen molar-refractivity contribution in [3.8, 4) is 0 Å². The highest BCUT2D eigenvalue weighted by molar-refractivity contribution is 14.1. The summed E-state index contributed by atoms with van der Waals surface area (Å²) < 4.78 is 12.8. The number of nitrogens with zero attached hydrogens (tertiary/aromatic N) is 1. The first-order valence-electron chi connectivity index (χ1n) is 2.98. The third kappa shape index (κ3) is 1.83. The molecule has 13 heavy (non-hydrogen) atoms. The van der Waals surface area contributed by atoms with Gasteiger partial charge in [-0.3, -0.25) is 0 Å². The van der Waals surface area contributed by atoms with Crippen molar-refractivity contribution in [2.75, 3.05) is 5.73 Å². The van der Waals surface area contributed by atoms with Gasteiger partial charge in [0.25, 0.3) is 0 Å². The molecule has 7 heteroatoms. The average molecular weight is 316 g/mol. The second kappa shape index (κ2) is 3.62. The van der Waals surface area contributed by atoms with Gasteiger partial charge in [-0.25, -0.2) is 14.2 Å². The predicted octanol–water partition coefficient (Wildman–Crippen LogP) is 1.76. The van der Waals surface area contributed by atoms with Crippen molar-refractivity contribution in [3.63, 3.8) is 0 Å². The van der Waals surface area contributed by atoms with Gasteiger partial charge in [-0.15, -0.1) is 0 Å². The molecule has 70 valence electrons. The zero-order valence-corrected chi connectivity index (χ0v) is 8.93. The van der Waals surface area contributed by atoms with Crippen LogP contribution in [-0.4, -0.2) is 16.1 Å². The first-order valence-corrected chi connectivity index (χ1v) is 4.44. The smallest absolute Gasteiger partial charge is 0.356 e. The lowest BCUT2D eigenvalue weighted by molar-refractivity contribution is 0.0690. The maximum absolute atomic E-state index is 13.0. The van der Waals surface area contributed by atoms with Gasteiger partial charge in [-0.2, -0.15) is 0 Å². The number of rotatable bonds is 1. The van der Waals surface area contributed by atoms with Crippen molar-refractivity contribution in [3.05, 3.63) is 20.2 Å². The van der Waals surface area contributed by atoms with Crippen molar-refractivity contribution >= 4 is 45.8 Å². The molecule has 0 aliphatic heterocycles. The third-order valence-electron chi connectivity index (χ3n) is 1.27. The summed E-state index contributed by atoms with van der Waals surface area (Å²) >= 11 is 6.99. The standard InChI is InChI=1S/C6H3ClFIN2O2/c7-1-3(10)2(8)5(9)11-4(1)6(12)13/h(H2,10,11)(H,12,13). The number of pyridine rings is 1. The summed E-state index contributed by atoms with van der Waals surface area (Å²) in [6.45, 7) is 0. The van der Waals surface area contributed by atoms with E-state index in [0.717, 1.165) is 0 Å². The second-order valence-corrected chi connectivity index (χ2v) is 3.50. The van der Waals surface area contributed by atoms with Gasteiger partial charge in [0.1, 0.15) is 3.70 Å². The van der Waals surface area contributed by atoms with Gasteiger partial charge in [0.05, 0.1) is 10.7 Å². The van der Waals surface area contributed by atoms with Gasteiger partial charge in [0, 0.05) is 0 Å². The average Bonchev–Trinajstić information content (AvgIpc) is 2.07. The molecular formula is C6H3ClFIN2O2. The molecule has 4 nitrogen and oxygen atoms in total. The number of nitrogen functional groups attached to an aromatic ring is 1. The number of nitrogens with two attached hydrogens (primary N) is 1. The Balaban J connectivity index is 3.50. The normalized spacial score (nSPS) is 10.1. The van der Waals surface area contributed by atoms with E-state index in [9.17, 15) is 9.18 Å². The molecule has 1 heterocycles. The van der Waals surface area contributed by atoms with Crippen LogP contribution in [0.5, 0.6) is 0 Å². The molecule has 0 fully saturated rings. The van der Waals surface area contributed by atoms with Gasteiger partial charge in [-0.1, -0.05) is 11.6 Å². The quantitative estimate of drug-likeness (QED) is 0.611. The van der Waals surface area contributed by atoms with Gasteiger partial charge < -0.3 is 10.8 Å². The number of hydrogen-bond acceptors (Lipinski definition) is 3. The summed E-state index contributed by atoms with van der Waals surface area (Å²) in [4.78, 5) is 13.9. The van der Waals surface area contributed by atoms with E-state index in [1.807, 2.05) is 0 Å². The van der Waals surface area contributed by atoms with Crippen molar-refractivity contribution in [1.82, 2.24) is 4.98 Å². The van der Waals surface area contributed by atoms with Crippen LogP contribution in [0.1, 0.15) is 10.5 Å². The number of aromatic carboxylic acids is 1. The van der Waals surface area contributed by atoms with Crippen LogP contribution in [0.3, 0.4) is 0 Å². The molecule has 1 aromatic heterocycles. The lowest BCUT2D eigenvalue weighted by Crippen LogP contribution is -2.08. The van der Waals surface area contributed by atoms with E-state index in [4.69, 9.17) is 22.4 Å². The highest BCUT2D eigenvalue weighted by Gasteiger charge is 2.19. The molecule has 0 spiro atoms. The molecule has 3 N–H and O–H groups in total. The summed E-state index contributed by atoms with van der Waals surface area (Å²) in [6.07, 6.45) is 0. The molecule has 0 saturated carbocycles. The minimum atomic E-state index is -1.34. The van der Waals surface area contributed by atoms with Gasteiger partial charge in [0.15, 0.2) is 11.5 Å². The predicted molar refractivity (Wildman–Crippen MR) is 53.3 cm³/mol. The molecule has 0 aromatic carbocycles. The minimum Gasteiger partial charge on any atom is -0.476 e. The zero-order chi connectivity index (χ0) is 10.2. The van der Waals surface area contributed by atoms with E-state index in [-0.39, 0.29) is 8.72 Å². The number of carboxylic acid groups (broad SMARTS) is 1. The summed E-state index contributed by atoms with van der Waals surface area (Å²) in [5.74, 6) is -2.13. The molecule has 0 bridgehead atoms. The summed E-state index contributed by atoms with van der Waals surface area (Å²) in [7, 11) is 0. The van der Waals surface area contributed by atoms with E-state index in [1.165, 1.54) is 22.6 Å². The summed E-state index contributed by atoms with van der Waals surface area (Å²) in [5.41, 5.74) is 4.38. The number of hydrogen-bond donors (Lipinski definition) is 2. The van der Waals surface area contributed by atoms with Gasteiger partial charge in [0.2, 0.25) is 0 Å². The Kier molecular flexibility index (Phi) is 2.91. The van der Waals surface area contributed by atoms with Crippen LogP contribution < -0.4 is 5.73 Å². The summed E-state index contributed by atoms with van der Waals surface area (Å²) in [5, 5.41) is 8.21. The number of carboxylic acids is 1. The molecule has 1 rings (SSSR count). The Labute approximate surface area is 91.0 Å². The molecule has 0 saturated heterocycles. The molecule has 0 unspecified atom stereocenters. The molecule has 0 aliphatic rings. The third-order valence-corrected chi connectivity index (χ3v) is 2.37. The molecule has 0 amide bonds. The fourth-order valence-corrected chi connectivity index (χ4v) is 1.41. The molecule has 0 radical (unpaired) electrons. The van der Waals surface area contributed by atoms with E-state index in [2.05, 4.69) is 4.98 Å². The van der Waals surface area contributed by atoms with Crippen LogP contribution >= 0.6 is 34.2 Å². The molecule has 0 aliphatic carbocycles. The van der Waals surface area contributed by atoms with Crippen molar-refractivity contribution in [1.29, 1.82) is 0 Å². The van der Waals surface area contributed by atoms with Crippen molar-refractivity contribution < 1.29 is 14.3 Å². The fraction of sp³-hybridized carbons (Fsp3) is 0. The lowest BCUT2D eigenvalue weighted by Gasteiger charge is -2.04. The van der Waals surface area contributed by atoms with Gasteiger partial charge in [-0.05, 0) is 22.6 Å². The van der Waals surface area contributed by atoms with Crippen molar-refractivity contribution in [2.45, 2.75) is 0 Å². The topological polar surface area (TPSA) is 76.2 Å². The highest BCUT2D eigenvalue weighted by Crippen LogP contribution is 2.27. The Morgan fingerprint density at radius 3 is 2.69 bits per heavy atom. The van der Waals surface area contributed by atoms with Crippen LogP contribution in [0.4, 0.5) is 10.1 Å². The van der Waals surface area contributed by atoms with E-state index in [1.54, 1.807) is 0 Å². The Bertz CT molecular complexity index is 385. The number of aromatic nitrogens is 1. The van der Waals surface area contributed by atoms with E-state index in [0.29, 0.717) is 0 Å². The second-order valence-electron chi connectivity index (χ2n) is 2.10. The van der Waals surface area contributed by atoms with Gasteiger partial charge >= 0.3 is 5.97 Å². The van der Waals surface area contributed by atoms with Crippen LogP contribution in [0, 0.1) is 9.52 Å². The zero-order valence-electron chi connectivity index (χ0n) is 6.01. The van der Waals surface area contributed by atoms with Crippen LogP contribution in [0.25, 0.3) is 0 Å². The fourth-order valence-electron chi connectivity index (χ4n) is 0.673. The largest absolute Gasteiger partial charge is 0.476 e. The first kappa shape index (κ1) is 10.5. The molecular weight excluding hydrogens is 313 g/mol. The summed E-state index contributed by atoms with van der Waals surface area (Å²) in [6, 6.07) is 0. The molecule has 0 atom stereocenters. The Morgan fingerprint density at radius 2 is 2.23 bits per heavy atom. The van der Waals surface area contributed by atoms with E-state index >= 15 is 0 Å². The van der Waals surface area contributed by atoms with Crippen LogP contribution in [-0.2, 0) is 0 Å². The SMILES string of the molecule is Nc1c(F)c(I)nc(C(=O)O)c1Cl. The number of halogens is 3. The molecule has 1 aromatic rings. The number of carbonyl (C=O) groups is 1. The Morgan fingerprint density at radius 1 is 1.69 bits per heavy atom. The maximum atomic E-state index is 13.0. The Hall–Kier alpha value is -0.630. The lowest BCUT2D eigenvalue weighted by atomic mass is 10.3. The van der Waals surface area contributed by atoms with Crippen LogP contribution in [0.15, 0.2) is 0 Å². The number of anilines is 1. The van der Waals surface area contributed by atoms with Crippen molar-refractivity contribution in [2.24, 2.45) is 0 Å². The highest BCUT2D eigenvalue weighted by atomic mass is 127. The van der Waals surface area contributed by atoms with E-state index < -0.39 is 23.2 Å².